The fourth-order valence-electron chi connectivity index (χ4n) is 3.60. The zero-order valence-corrected chi connectivity index (χ0v) is 21.5. The molecule has 4 rings (SSSR count). The molecule has 2 amide bonds. The van der Waals surface area contributed by atoms with Crippen molar-refractivity contribution in [2.75, 3.05) is 32.7 Å². The van der Waals surface area contributed by atoms with Gasteiger partial charge in [-0.1, -0.05) is 55.8 Å². The average molecular weight is 527 g/mol. The number of nitrogens with one attached hydrogen (secondary N) is 2. The zero-order valence-electron chi connectivity index (χ0n) is 20.7. The zero-order chi connectivity index (χ0) is 26.6. The lowest BCUT2D eigenvalue weighted by molar-refractivity contribution is -0.137. The van der Waals surface area contributed by atoms with Gasteiger partial charge in [0.25, 0.3) is 5.91 Å². The molecule has 1 aromatic heterocycles. The van der Waals surface area contributed by atoms with Crippen LogP contribution in [0.4, 0.5) is 4.39 Å². The van der Waals surface area contributed by atoms with Crippen molar-refractivity contribution >= 4 is 29.1 Å². The highest BCUT2D eigenvalue weighted by molar-refractivity contribution is 7.18. The Hall–Kier alpha value is -3.63. The molecule has 0 aliphatic carbocycles. The van der Waals surface area contributed by atoms with E-state index in [9.17, 15) is 18.8 Å². The van der Waals surface area contributed by atoms with Gasteiger partial charge in [-0.3, -0.25) is 14.4 Å². The summed E-state index contributed by atoms with van der Waals surface area (Å²) in [6, 6.07) is 15.6. The molecule has 1 aliphatic heterocycles. The van der Waals surface area contributed by atoms with Crippen LogP contribution in [-0.4, -0.2) is 65.5 Å². The minimum absolute atomic E-state index is 0.0976. The first-order valence-electron chi connectivity index (χ1n) is 12.2. The number of hydrogen-bond acceptors (Lipinski definition) is 6. The number of nitrogens with zero attached hydrogens (tertiary/aromatic N) is 2. The third-order valence-corrected chi connectivity index (χ3v) is 6.72. The molecule has 3 aromatic rings. The maximum atomic E-state index is 13.8. The molecule has 2 aromatic carbocycles. The van der Waals surface area contributed by atoms with E-state index in [0.29, 0.717) is 35.0 Å². The van der Waals surface area contributed by atoms with E-state index in [-0.39, 0.29) is 24.0 Å². The Morgan fingerprint density at radius 1 is 1.08 bits per heavy atom. The summed E-state index contributed by atoms with van der Waals surface area (Å²) in [4.78, 5) is 41.9. The molecule has 2 heterocycles. The lowest BCUT2D eigenvalue weighted by Gasteiger charge is -2.27. The molecule has 0 radical (unpaired) electrons. The Balaban J connectivity index is 0.000000479. The molecule has 196 valence electrons. The number of thiazole rings is 1. The van der Waals surface area contributed by atoms with Gasteiger partial charge in [0.1, 0.15) is 16.5 Å². The summed E-state index contributed by atoms with van der Waals surface area (Å²) in [7, 11) is 0. The lowest BCUT2D eigenvalue weighted by atomic mass is 10.1. The summed E-state index contributed by atoms with van der Waals surface area (Å²) in [6.07, 6.45) is 2.08. The van der Waals surface area contributed by atoms with Crippen molar-refractivity contribution < 1.29 is 23.9 Å². The summed E-state index contributed by atoms with van der Waals surface area (Å²) in [5.41, 5.74) is 1.64. The topological polar surface area (TPSA) is 112 Å². The second-order valence-corrected chi connectivity index (χ2v) is 9.38. The molecule has 0 saturated carbocycles. The molecule has 1 aliphatic rings. The normalized spacial score (nSPS) is 12.9. The molecule has 3 N–H and O–H groups in total. The highest BCUT2D eigenvalue weighted by atomic mass is 32.1. The standard InChI is InChI=1S/C22H21FN4O2S.C5H10O2/c23-17-8-4-7-16(13-17)20-19(26-22(30-20)15-5-2-1-3-6-15)21(29)25-14-18(28)27-11-9-24-10-12-27;1-2-3-4-5(6)7/h1-8,13,24H,9-12,14H2,(H,25,29);2-4H2,1H3,(H,6,7). The largest absolute Gasteiger partial charge is 0.481 e. The maximum Gasteiger partial charge on any atom is 0.303 e. The van der Waals surface area contributed by atoms with Crippen LogP contribution >= 0.6 is 11.3 Å². The number of rotatable bonds is 8. The molecule has 1 fully saturated rings. The molecule has 37 heavy (non-hydrogen) atoms. The van der Waals surface area contributed by atoms with E-state index in [4.69, 9.17) is 5.11 Å². The van der Waals surface area contributed by atoms with E-state index in [1.807, 2.05) is 37.3 Å². The summed E-state index contributed by atoms with van der Waals surface area (Å²) < 4.78 is 13.8. The summed E-state index contributed by atoms with van der Waals surface area (Å²) >= 11 is 1.32. The molecule has 10 heteroatoms. The number of unbranched alkanes of at least 4 members (excludes halogenated alkanes) is 1. The minimum Gasteiger partial charge on any atom is -0.481 e. The predicted molar refractivity (Wildman–Crippen MR) is 142 cm³/mol. The third-order valence-electron chi connectivity index (χ3n) is 5.56. The minimum atomic E-state index is -0.693. The van der Waals surface area contributed by atoms with Crippen molar-refractivity contribution in [3.63, 3.8) is 0 Å². The number of halogens is 1. The maximum absolute atomic E-state index is 13.8. The van der Waals surface area contributed by atoms with Crippen molar-refractivity contribution in [1.82, 2.24) is 20.5 Å². The number of aliphatic carboxylic acids is 1. The average Bonchev–Trinajstić information content (AvgIpc) is 3.37. The van der Waals surface area contributed by atoms with Gasteiger partial charge < -0.3 is 20.6 Å². The number of amides is 2. The van der Waals surface area contributed by atoms with Crippen LogP contribution < -0.4 is 10.6 Å². The predicted octanol–water partition coefficient (Wildman–Crippen LogP) is 4.04. The molecule has 8 nitrogen and oxygen atoms in total. The van der Waals surface area contributed by atoms with Gasteiger partial charge in [0.05, 0.1) is 11.4 Å². The van der Waals surface area contributed by atoms with E-state index in [1.54, 1.807) is 17.0 Å². The van der Waals surface area contributed by atoms with Gasteiger partial charge in [0.2, 0.25) is 5.91 Å². The quantitative estimate of drug-likeness (QED) is 0.409. The first-order chi connectivity index (χ1) is 17.9. The summed E-state index contributed by atoms with van der Waals surface area (Å²) in [5, 5.41) is 14.6. The van der Waals surface area contributed by atoms with Crippen LogP contribution in [0.3, 0.4) is 0 Å². The third kappa shape index (κ3) is 8.47. The van der Waals surface area contributed by atoms with Crippen LogP contribution in [0.15, 0.2) is 54.6 Å². The van der Waals surface area contributed by atoms with Crippen LogP contribution in [0.5, 0.6) is 0 Å². The molecular formula is C27H31FN4O4S. The number of aromatic nitrogens is 1. The Morgan fingerprint density at radius 3 is 2.41 bits per heavy atom. The smallest absolute Gasteiger partial charge is 0.303 e. The highest BCUT2D eigenvalue weighted by Gasteiger charge is 2.22. The number of carboxylic acid groups (broad SMARTS) is 1. The molecule has 1 saturated heterocycles. The van der Waals surface area contributed by atoms with Crippen molar-refractivity contribution in [3.05, 3.63) is 66.1 Å². The number of hydrogen-bond donors (Lipinski definition) is 3. The van der Waals surface area contributed by atoms with Gasteiger partial charge in [-0.15, -0.1) is 11.3 Å². The first-order valence-corrected chi connectivity index (χ1v) is 13.0. The van der Waals surface area contributed by atoms with Crippen LogP contribution in [0, 0.1) is 5.82 Å². The van der Waals surface area contributed by atoms with Gasteiger partial charge in [0, 0.05) is 38.2 Å². The number of carboxylic acids is 1. The lowest BCUT2D eigenvalue weighted by Crippen LogP contribution is -2.49. The summed E-state index contributed by atoms with van der Waals surface area (Å²) in [6.45, 7) is 4.62. The number of carbonyl (C=O) groups excluding carboxylic acids is 2. The molecule has 0 atom stereocenters. The van der Waals surface area contributed by atoms with Crippen LogP contribution in [-0.2, 0) is 9.59 Å². The second kappa shape index (κ2) is 14.2. The molecule has 0 spiro atoms. The van der Waals surface area contributed by atoms with Gasteiger partial charge >= 0.3 is 5.97 Å². The van der Waals surface area contributed by atoms with Gasteiger partial charge in [-0.2, -0.15) is 0 Å². The SMILES string of the molecule is CCCCC(=O)O.O=C(NCC(=O)N1CCNCC1)c1nc(-c2ccccc2)sc1-c1cccc(F)c1. The number of piperazine rings is 1. The van der Waals surface area contributed by atoms with E-state index >= 15 is 0 Å². The van der Waals surface area contributed by atoms with Gasteiger partial charge in [0.15, 0.2) is 0 Å². The van der Waals surface area contributed by atoms with Crippen LogP contribution in [0.2, 0.25) is 0 Å². The number of benzene rings is 2. The molecular weight excluding hydrogens is 495 g/mol. The second-order valence-electron chi connectivity index (χ2n) is 8.38. The van der Waals surface area contributed by atoms with Gasteiger partial charge in [-0.25, -0.2) is 9.37 Å². The van der Waals surface area contributed by atoms with Crippen molar-refractivity contribution in [2.24, 2.45) is 0 Å². The summed E-state index contributed by atoms with van der Waals surface area (Å²) in [5.74, 6) is -1.66. The van der Waals surface area contributed by atoms with E-state index in [2.05, 4.69) is 15.6 Å². The monoisotopic (exact) mass is 526 g/mol. The van der Waals surface area contributed by atoms with E-state index in [0.717, 1.165) is 31.5 Å². The Morgan fingerprint density at radius 2 is 1.78 bits per heavy atom. The Bertz CT molecular complexity index is 1200. The highest BCUT2D eigenvalue weighted by Crippen LogP contribution is 2.35. The molecule has 0 unspecified atom stereocenters. The first kappa shape index (κ1) is 27.9. The van der Waals surface area contributed by atoms with Crippen molar-refractivity contribution in [2.45, 2.75) is 26.2 Å². The molecule has 0 bridgehead atoms. The number of carbonyl (C=O) groups is 3. The van der Waals surface area contributed by atoms with Crippen LogP contribution in [0.25, 0.3) is 21.0 Å². The van der Waals surface area contributed by atoms with Crippen molar-refractivity contribution in [3.8, 4) is 21.0 Å². The van der Waals surface area contributed by atoms with Crippen molar-refractivity contribution in [1.29, 1.82) is 0 Å². The fourth-order valence-corrected chi connectivity index (χ4v) is 4.66. The van der Waals surface area contributed by atoms with E-state index < -0.39 is 11.9 Å². The van der Waals surface area contributed by atoms with Crippen LogP contribution in [0.1, 0.15) is 36.7 Å². The Kier molecular flexibility index (Phi) is 10.7. The van der Waals surface area contributed by atoms with E-state index in [1.165, 1.54) is 23.5 Å². The fraction of sp³-hybridized carbons (Fsp3) is 0.333. The Labute approximate surface area is 219 Å². The van der Waals surface area contributed by atoms with Gasteiger partial charge in [-0.05, 0) is 24.1 Å².